The van der Waals surface area contributed by atoms with Crippen LogP contribution in [0.5, 0.6) is 0 Å². The zero-order valence-corrected chi connectivity index (χ0v) is 87.0. The third-order valence-electron chi connectivity index (χ3n) is 29.7. The Morgan fingerprint density at radius 2 is 0.336 bits per heavy atom. The molecule has 2 saturated carbocycles. The van der Waals surface area contributed by atoms with Crippen LogP contribution in [0.4, 0.5) is 68.2 Å². The van der Waals surface area contributed by atoms with E-state index in [2.05, 4.69) is 564 Å². The minimum atomic E-state index is 0.529. The first-order valence-corrected chi connectivity index (χ1v) is 52.9. The zero-order chi connectivity index (χ0) is 101. The normalized spacial score (nSPS) is 13.0. The molecule has 0 N–H and O–H groups in total. The van der Waals surface area contributed by atoms with Crippen LogP contribution in [-0.4, -0.2) is 0 Å². The second kappa shape index (κ2) is 46.2. The van der Waals surface area contributed by atoms with Gasteiger partial charge < -0.3 is 19.6 Å². The van der Waals surface area contributed by atoms with Gasteiger partial charge in [0.15, 0.2) is 0 Å². The minimum Gasteiger partial charge on any atom is -0.310 e. The van der Waals surface area contributed by atoms with Crippen LogP contribution < -0.4 is 19.6 Å². The highest BCUT2D eigenvalue weighted by molar-refractivity contribution is 5.88. The highest BCUT2D eigenvalue weighted by Gasteiger charge is 2.24. The number of nitrogens with zero attached hydrogens (tertiary/aromatic N) is 4. The summed E-state index contributed by atoms with van der Waals surface area (Å²) in [6.07, 6.45) is 31.3. The molecule has 0 spiro atoms. The van der Waals surface area contributed by atoms with Gasteiger partial charge in [-0.3, -0.25) is 0 Å². The Bertz CT molecular complexity index is 7090. The summed E-state index contributed by atoms with van der Waals surface area (Å²) in [7, 11) is 0. The second-order valence-electron chi connectivity index (χ2n) is 41.2. The van der Waals surface area contributed by atoms with Gasteiger partial charge in [-0.15, -0.1) is 0 Å². The van der Waals surface area contributed by atoms with Crippen molar-refractivity contribution in [3.05, 3.63) is 524 Å². The van der Waals surface area contributed by atoms with E-state index < -0.39 is 0 Å². The first-order valence-electron chi connectivity index (χ1n) is 52.9. The number of hydrogen-bond donors (Lipinski definition) is 0. The first-order chi connectivity index (χ1) is 71.2. The molecule has 2 aliphatic rings. The summed E-state index contributed by atoms with van der Waals surface area (Å²) in [5, 5.41) is 0. The molecule has 0 radical (unpaired) electrons. The predicted molar refractivity (Wildman–Crippen MR) is 633 cm³/mol. The minimum absolute atomic E-state index is 0.529. The molecule has 18 aromatic rings. The smallest absolute Gasteiger partial charge is 0.0490 e. The van der Waals surface area contributed by atoms with Gasteiger partial charge in [0.25, 0.3) is 0 Å². The Morgan fingerprint density at radius 3 is 0.507 bits per heavy atom. The van der Waals surface area contributed by atoms with Crippen LogP contribution in [-0.2, 0) is 0 Å². The van der Waals surface area contributed by atoms with E-state index in [0.29, 0.717) is 11.8 Å². The molecule has 2 aliphatic carbocycles. The van der Waals surface area contributed by atoms with Crippen molar-refractivity contribution in [2.45, 2.75) is 171 Å². The van der Waals surface area contributed by atoms with Crippen LogP contribution in [0.25, 0.3) is 93.1 Å². The summed E-state index contributed by atoms with van der Waals surface area (Å²) >= 11 is 0. The average molecular weight is 1900 g/mol. The van der Waals surface area contributed by atoms with Gasteiger partial charge >= 0.3 is 0 Å². The van der Waals surface area contributed by atoms with Crippen molar-refractivity contribution in [2.24, 2.45) is 0 Å². The quantitative estimate of drug-likeness (QED) is 0.0453. The van der Waals surface area contributed by atoms with E-state index >= 15 is 0 Å². The van der Waals surface area contributed by atoms with Crippen LogP contribution in [0.2, 0.25) is 0 Å². The number of anilines is 12. The Morgan fingerprint density at radius 1 is 0.178 bits per heavy atom. The Hall–Kier alpha value is -15.9. The van der Waals surface area contributed by atoms with E-state index in [-0.39, 0.29) is 0 Å². The summed E-state index contributed by atoms with van der Waals surface area (Å²) < 4.78 is 0. The van der Waals surface area contributed by atoms with Gasteiger partial charge in [0.05, 0.1) is 0 Å². The van der Waals surface area contributed by atoms with Gasteiger partial charge in [0.2, 0.25) is 0 Å². The third kappa shape index (κ3) is 24.3. The van der Waals surface area contributed by atoms with Crippen molar-refractivity contribution >= 4 is 117 Å². The molecule has 0 heterocycles. The Kier molecular flexibility index (Phi) is 31.3. The predicted octanol–water partition coefficient (Wildman–Crippen LogP) is 41.4. The molecular formula is C142H136N4. The summed E-state index contributed by atoms with van der Waals surface area (Å²) in [5.74, 6) is 2.52. The van der Waals surface area contributed by atoms with Crippen LogP contribution >= 0.6 is 0 Å². The molecule has 18 aromatic carbocycles. The Labute approximate surface area is 869 Å². The van der Waals surface area contributed by atoms with Crippen LogP contribution in [0, 0.1) is 55.4 Å². The molecule has 724 valence electrons. The highest BCUT2D eigenvalue weighted by atomic mass is 15.2. The van der Waals surface area contributed by atoms with E-state index in [1.807, 2.05) is 0 Å². The molecule has 2 fully saturated rings. The molecule has 0 atom stereocenters. The molecule has 0 bridgehead atoms. The molecule has 0 unspecified atom stereocenters. The van der Waals surface area contributed by atoms with Crippen molar-refractivity contribution < 1.29 is 0 Å². The first kappa shape index (κ1) is 98.9. The highest BCUT2D eigenvalue weighted by Crippen LogP contribution is 2.46. The topological polar surface area (TPSA) is 13.0 Å². The van der Waals surface area contributed by atoms with Gasteiger partial charge in [0, 0.05) is 68.2 Å². The molecule has 0 amide bonds. The van der Waals surface area contributed by atoms with Crippen LogP contribution in [0.3, 0.4) is 0 Å². The molecule has 20 rings (SSSR count). The number of benzene rings is 18. The maximum absolute atomic E-state index is 2.38. The van der Waals surface area contributed by atoms with E-state index in [1.54, 1.807) is 0 Å². The summed E-state index contributed by atoms with van der Waals surface area (Å²) in [4.78, 5) is 9.50. The number of rotatable bonds is 28. The van der Waals surface area contributed by atoms with Gasteiger partial charge in [-0.1, -0.05) is 428 Å². The second-order valence-corrected chi connectivity index (χ2v) is 41.2. The number of hydrogen-bond acceptors (Lipinski definition) is 4. The van der Waals surface area contributed by atoms with Gasteiger partial charge in [-0.2, -0.15) is 0 Å². The summed E-state index contributed by atoms with van der Waals surface area (Å²) in [5.41, 5.74) is 48.5. The molecule has 4 nitrogen and oxygen atoms in total. The van der Waals surface area contributed by atoms with E-state index in [4.69, 9.17) is 0 Å². The SMILES string of the molecule is Cc1ccc(N(c2ccc(/C=C/c3ccc(C(C)C)cc3)cc2)c2ccc(-c3ccc(-c4ccc(N(c5ccc(/C=C/c6ccc(C(C)C)cc6)cc5)c5ccc(C)cc5C)cc4)cc3)cc2)c(C)c1.Cc1ccc(N(c2ccc(/C=C/c3ccc(C4CCCCC4)cc3)cc2)c2ccc(-c3ccc(-c4ccc(N(c5ccc(/C=C/c6ccc(C7CCCCC7)cc6)cc5)c5ccc(C)cc5C)cc4)cc3)cc2)c(C)c1. The lowest BCUT2D eigenvalue weighted by Gasteiger charge is -2.27. The zero-order valence-electron chi connectivity index (χ0n) is 87.0. The fraction of sp³-hybridized carbons (Fsp3) is 0.183. The van der Waals surface area contributed by atoms with E-state index in [0.717, 1.165) is 57.3 Å². The van der Waals surface area contributed by atoms with Crippen molar-refractivity contribution in [1.82, 2.24) is 0 Å². The average Bonchev–Trinajstić information content (AvgIpc) is 0.789. The van der Waals surface area contributed by atoms with Crippen molar-refractivity contribution in [3.8, 4) is 44.5 Å². The number of aryl methyl sites for hydroxylation is 8. The molecule has 0 aromatic heterocycles. The molecule has 0 aliphatic heterocycles. The fourth-order valence-corrected chi connectivity index (χ4v) is 21.2. The lowest BCUT2D eigenvalue weighted by atomic mass is 9.84. The monoisotopic (exact) mass is 1900 g/mol. The standard InChI is InChI=1S/C74H72N2.C68H64N2/c1-53-15-49-73(55(3)51-53)75(69-41-25-59(26-42-69)19-17-57-21-29-63(30-22-57)61-11-7-5-8-12-61)71-45-37-67(38-46-71)65-33-35-66(36-34-65)68-39-47-72(48-40-68)76(74-50-16-54(2)52-56(74)4)70-43-27-60(28-44-70)20-18-58-23-31-64(32-24-58)62-13-9-6-10-14-62;1-47(2)57-23-15-53(16-24-57)11-13-55-19-35-63(36-20-55)69(67-43-9-49(5)45-51(67)7)65-39-31-61(32-40-65)59-27-29-60(30-28-59)62-33-41-66(42-34-62)70(68-44-10-50(6)46-52(68)8)64-37-21-56(22-38-64)14-12-54-17-25-58(26-18-54)48(3)4/h15-52,61-62H,5-14H2,1-4H3;9-48H,1-8H3/b19-17+,20-18+;13-11+,14-12+. The van der Waals surface area contributed by atoms with Crippen LogP contribution in [0.15, 0.2) is 413 Å². The molecular weight excluding hydrogens is 1760 g/mol. The van der Waals surface area contributed by atoms with Crippen molar-refractivity contribution in [2.75, 3.05) is 19.6 Å². The summed E-state index contributed by atoms with van der Waals surface area (Å²) in [6, 6.07) is 153. The fourth-order valence-electron chi connectivity index (χ4n) is 21.2. The maximum Gasteiger partial charge on any atom is 0.0490 e. The summed E-state index contributed by atoms with van der Waals surface area (Å²) in [6.45, 7) is 26.4. The lowest BCUT2D eigenvalue weighted by Crippen LogP contribution is -2.11. The third-order valence-corrected chi connectivity index (χ3v) is 29.7. The van der Waals surface area contributed by atoms with Gasteiger partial charge in [-0.05, 0) is 360 Å². The molecule has 146 heavy (non-hydrogen) atoms. The maximum atomic E-state index is 2.38. The lowest BCUT2D eigenvalue weighted by molar-refractivity contribution is 0.443. The van der Waals surface area contributed by atoms with Gasteiger partial charge in [-0.25, -0.2) is 0 Å². The van der Waals surface area contributed by atoms with Crippen LogP contribution in [0.1, 0.15) is 227 Å². The van der Waals surface area contributed by atoms with Crippen molar-refractivity contribution in [3.63, 3.8) is 0 Å². The largest absolute Gasteiger partial charge is 0.310 e. The molecule has 0 saturated heterocycles. The Balaban J connectivity index is 0.000000185. The van der Waals surface area contributed by atoms with E-state index in [1.165, 1.54) is 243 Å². The van der Waals surface area contributed by atoms with Gasteiger partial charge in [0.1, 0.15) is 0 Å². The van der Waals surface area contributed by atoms with Crippen molar-refractivity contribution in [1.29, 1.82) is 0 Å². The van der Waals surface area contributed by atoms with E-state index in [9.17, 15) is 0 Å². The molecule has 4 heteroatoms.